The molecular formula is C14H24N4. The first-order valence-corrected chi connectivity index (χ1v) is 7.04. The Morgan fingerprint density at radius 2 is 2.28 bits per heavy atom. The molecule has 1 N–H and O–H groups in total. The van der Waals surface area contributed by atoms with E-state index in [1.165, 1.54) is 25.9 Å². The van der Waals surface area contributed by atoms with Crippen LogP contribution < -0.4 is 10.2 Å². The number of hydrogen-bond acceptors (Lipinski definition) is 4. The van der Waals surface area contributed by atoms with Gasteiger partial charge in [0.05, 0.1) is 5.69 Å². The van der Waals surface area contributed by atoms with Crippen LogP contribution in [-0.2, 0) is 6.42 Å². The molecule has 1 atom stereocenters. The molecule has 1 aromatic rings. The highest BCUT2D eigenvalue weighted by atomic mass is 15.2. The number of hydrogen-bond donors (Lipinski definition) is 1. The number of nitrogens with one attached hydrogen (secondary N) is 1. The Hall–Kier alpha value is -1.16. The van der Waals surface area contributed by atoms with E-state index >= 15 is 0 Å². The van der Waals surface area contributed by atoms with Crippen molar-refractivity contribution in [3.05, 3.63) is 17.8 Å². The van der Waals surface area contributed by atoms with Gasteiger partial charge in [0, 0.05) is 13.6 Å². The van der Waals surface area contributed by atoms with Crippen LogP contribution in [0.3, 0.4) is 0 Å². The first kappa shape index (κ1) is 13.3. The van der Waals surface area contributed by atoms with E-state index < -0.39 is 0 Å². The molecule has 1 fully saturated rings. The molecule has 0 spiro atoms. The van der Waals surface area contributed by atoms with Crippen molar-refractivity contribution in [1.82, 2.24) is 15.5 Å². The fourth-order valence-electron chi connectivity index (χ4n) is 2.40. The Kier molecular flexibility index (Phi) is 4.93. The molecular weight excluding hydrogens is 224 g/mol. The van der Waals surface area contributed by atoms with Crippen molar-refractivity contribution in [2.45, 2.75) is 32.6 Å². The minimum Gasteiger partial charge on any atom is -0.358 e. The van der Waals surface area contributed by atoms with Gasteiger partial charge in [-0.05, 0) is 50.4 Å². The summed E-state index contributed by atoms with van der Waals surface area (Å²) in [5.74, 6) is 1.82. The fourth-order valence-corrected chi connectivity index (χ4v) is 2.40. The van der Waals surface area contributed by atoms with Gasteiger partial charge in [0.2, 0.25) is 0 Å². The van der Waals surface area contributed by atoms with Gasteiger partial charge in [0.25, 0.3) is 0 Å². The summed E-state index contributed by atoms with van der Waals surface area (Å²) in [4.78, 5) is 2.21. The van der Waals surface area contributed by atoms with Crippen LogP contribution in [0.4, 0.5) is 5.82 Å². The number of rotatable bonds is 6. The number of aryl methyl sites for hydroxylation is 1. The molecule has 1 aliphatic heterocycles. The first-order valence-electron chi connectivity index (χ1n) is 7.04. The number of anilines is 1. The van der Waals surface area contributed by atoms with Gasteiger partial charge in [-0.1, -0.05) is 13.3 Å². The van der Waals surface area contributed by atoms with Crippen molar-refractivity contribution < 1.29 is 0 Å². The summed E-state index contributed by atoms with van der Waals surface area (Å²) < 4.78 is 0. The van der Waals surface area contributed by atoms with Crippen molar-refractivity contribution in [3.63, 3.8) is 0 Å². The molecule has 0 bridgehead atoms. The monoisotopic (exact) mass is 248 g/mol. The fraction of sp³-hybridized carbons (Fsp3) is 0.714. The van der Waals surface area contributed by atoms with Crippen LogP contribution in [0.2, 0.25) is 0 Å². The van der Waals surface area contributed by atoms with E-state index in [1.807, 2.05) is 0 Å². The van der Waals surface area contributed by atoms with Crippen LogP contribution >= 0.6 is 0 Å². The van der Waals surface area contributed by atoms with E-state index in [0.29, 0.717) is 0 Å². The van der Waals surface area contributed by atoms with Crippen LogP contribution in [0.15, 0.2) is 12.1 Å². The summed E-state index contributed by atoms with van der Waals surface area (Å²) in [6, 6.07) is 4.18. The number of aromatic nitrogens is 2. The van der Waals surface area contributed by atoms with Crippen LogP contribution in [0.1, 0.15) is 31.9 Å². The van der Waals surface area contributed by atoms with E-state index in [9.17, 15) is 0 Å². The van der Waals surface area contributed by atoms with Crippen molar-refractivity contribution in [1.29, 1.82) is 0 Å². The normalized spacial score (nSPS) is 19.1. The maximum atomic E-state index is 4.30. The summed E-state index contributed by atoms with van der Waals surface area (Å²) in [6.07, 6.45) is 4.69. The van der Waals surface area contributed by atoms with Gasteiger partial charge in [0.1, 0.15) is 0 Å². The molecule has 100 valence electrons. The van der Waals surface area contributed by atoms with Crippen molar-refractivity contribution in [3.8, 4) is 0 Å². The van der Waals surface area contributed by atoms with Crippen LogP contribution in [0.25, 0.3) is 0 Å². The minimum atomic E-state index is 0.833. The molecule has 0 amide bonds. The van der Waals surface area contributed by atoms with Crippen molar-refractivity contribution in [2.24, 2.45) is 5.92 Å². The summed E-state index contributed by atoms with van der Waals surface area (Å²) in [7, 11) is 2.10. The minimum absolute atomic E-state index is 0.833. The Morgan fingerprint density at radius 3 is 2.89 bits per heavy atom. The Morgan fingerprint density at radius 1 is 1.39 bits per heavy atom. The van der Waals surface area contributed by atoms with E-state index in [1.54, 1.807) is 0 Å². The van der Waals surface area contributed by atoms with E-state index in [0.717, 1.165) is 36.8 Å². The largest absolute Gasteiger partial charge is 0.358 e. The molecule has 4 nitrogen and oxygen atoms in total. The van der Waals surface area contributed by atoms with Gasteiger partial charge in [-0.3, -0.25) is 0 Å². The molecule has 18 heavy (non-hydrogen) atoms. The quantitative estimate of drug-likeness (QED) is 0.834. The number of nitrogens with zero attached hydrogens (tertiary/aromatic N) is 3. The predicted octanol–water partition coefficient (Wildman–Crippen LogP) is 1.86. The van der Waals surface area contributed by atoms with E-state index in [-0.39, 0.29) is 0 Å². The Labute approximate surface area is 110 Å². The van der Waals surface area contributed by atoms with Gasteiger partial charge >= 0.3 is 0 Å². The molecule has 1 aliphatic rings. The van der Waals surface area contributed by atoms with Crippen LogP contribution in [0, 0.1) is 5.92 Å². The maximum Gasteiger partial charge on any atom is 0.150 e. The lowest BCUT2D eigenvalue weighted by Gasteiger charge is -2.19. The zero-order valence-corrected chi connectivity index (χ0v) is 11.5. The molecule has 1 aromatic heterocycles. The van der Waals surface area contributed by atoms with Crippen LogP contribution in [-0.4, -0.2) is 36.9 Å². The standard InChI is InChI=1S/C14H24N4/c1-3-4-13-5-6-14(17-16-13)18(2)10-8-12-7-9-15-11-12/h5-6,12,15H,3-4,7-11H2,1-2H3. The zero-order valence-electron chi connectivity index (χ0n) is 11.5. The molecule has 0 radical (unpaired) electrons. The lowest BCUT2D eigenvalue weighted by Crippen LogP contribution is -2.23. The summed E-state index contributed by atoms with van der Waals surface area (Å²) in [6.45, 7) is 5.58. The highest BCUT2D eigenvalue weighted by Gasteiger charge is 2.15. The topological polar surface area (TPSA) is 41.0 Å². The highest BCUT2D eigenvalue weighted by molar-refractivity contribution is 5.35. The second-order valence-electron chi connectivity index (χ2n) is 5.20. The van der Waals surface area contributed by atoms with Gasteiger partial charge in [-0.2, -0.15) is 5.10 Å². The first-order chi connectivity index (χ1) is 8.79. The molecule has 1 unspecified atom stereocenters. The van der Waals surface area contributed by atoms with Gasteiger partial charge in [-0.25, -0.2) is 0 Å². The maximum absolute atomic E-state index is 4.30. The molecule has 1 saturated heterocycles. The van der Waals surface area contributed by atoms with Crippen molar-refractivity contribution >= 4 is 5.82 Å². The Balaban J connectivity index is 1.81. The third-order valence-electron chi connectivity index (χ3n) is 3.64. The Bertz CT molecular complexity index is 343. The molecule has 0 saturated carbocycles. The molecule has 0 aromatic carbocycles. The van der Waals surface area contributed by atoms with E-state index in [4.69, 9.17) is 0 Å². The zero-order chi connectivity index (χ0) is 12.8. The third-order valence-corrected chi connectivity index (χ3v) is 3.64. The van der Waals surface area contributed by atoms with Gasteiger partial charge in [0.15, 0.2) is 5.82 Å². The second-order valence-corrected chi connectivity index (χ2v) is 5.20. The molecule has 0 aliphatic carbocycles. The second kappa shape index (κ2) is 6.69. The van der Waals surface area contributed by atoms with Gasteiger partial charge in [-0.15, -0.1) is 5.10 Å². The lowest BCUT2D eigenvalue weighted by atomic mass is 10.1. The molecule has 2 heterocycles. The summed E-state index contributed by atoms with van der Waals surface area (Å²) in [5.41, 5.74) is 1.09. The van der Waals surface area contributed by atoms with Gasteiger partial charge < -0.3 is 10.2 Å². The summed E-state index contributed by atoms with van der Waals surface area (Å²) in [5, 5.41) is 12.0. The predicted molar refractivity (Wildman–Crippen MR) is 74.9 cm³/mol. The summed E-state index contributed by atoms with van der Waals surface area (Å²) >= 11 is 0. The smallest absolute Gasteiger partial charge is 0.150 e. The van der Waals surface area contributed by atoms with E-state index in [2.05, 4.69) is 46.5 Å². The third kappa shape index (κ3) is 3.67. The average Bonchev–Trinajstić information content (AvgIpc) is 2.90. The van der Waals surface area contributed by atoms with Crippen LogP contribution in [0.5, 0.6) is 0 Å². The molecule has 2 rings (SSSR count). The SMILES string of the molecule is CCCc1ccc(N(C)CCC2CCNC2)nn1. The highest BCUT2D eigenvalue weighted by Crippen LogP contribution is 2.15. The molecule has 4 heteroatoms. The average molecular weight is 248 g/mol. The van der Waals surface area contributed by atoms with Crippen molar-refractivity contribution in [2.75, 3.05) is 31.6 Å². The lowest BCUT2D eigenvalue weighted by molar-refractivity contribution is 0.532.